The van der Waals surface area contributed by atoms with Crippen molar-refractivity contribution in [1.82, 2.24) is 10.6 Å². The Kier molecular flexibility index (Phi) is 6.55. The predicted octanol–water partition coefficient (Wildman–Crippen LogP) is 3.67. The predicted molar refractivity (Wildman–Crippen MR) is 118 cm³/mol. The Labute approximate surface area is 178 Å². The van der Waals surface area contributed by atoms with Crippen LogP contribution < -0.4 is 20.7 Å². The van der Waals surface area contributed by atoms with E-state index < -0.39 is 0 Å². The number of carbonyl (C=O) groups excluding carboxylic acids is 1. The number of hydrogen-bond donors (Lipinski definition) is 3. The molecule has 1 fully saturated rings. The summed E-state index contributed by atoms with van der Waals surface area (Å²) in [6.07, 6.45) is 2.30. The van der Waals surface area contributed by atoms with Gasteiger partial charge in [0.05, 0.1) is 19.3 Å². The monoisotopic (exact) mass is 409 g/mol. The highest BCUT2D eigenvalue weighted by Crippen LogP contribution is 2.47. The van der Waals surface area contributed by atoms with Gasteiger partial charge in [0.25, 0.3) is 5.91 Å². The Morgan fingerprint density at radius 2 is 2.00 bits per heavy atom. The average Bonchev–Trinajstić information content (AvgIpc) is 2.79. The number of nitrogens with one attached hydrogen (secondary N) is 3. The van der Waals surface area contributed by atoms with E-state index in [0.29, 0.717) is 31.2 Å². The SMILES string of the molecule is CCOc1ccc(C2Nc3ccc(C(=O)NCCOC)cc3C3NCCCC23)cc1. The lowest BCUT2D eigenvalue weighted by Crippen LogP contribution is -2.42. The number of fused-ring (bicyclic) bond motifs is 3. The van der Waals surface area contributed by atoms with Crippen molar-refractivity contribution >= 4 is 11.6 Å². The van der Waals surface area contributed by atoms with Crippen molar-refractivity contribution in [2.45, 2.75) is 31.8 Å². The molecule has 0 spiro atoms. The van der Waals surface area contributed by atoms with Crippen LogP contribution in [-0.4, -0.2) is 39.3 Å². The Balaban J connectivity index is 1.59. The van der Waals surface area contributed by atoms with E-state index in [4.69, 9.17) is 9.47 Å². The van der Waals surface area contributed by atoms with E-state index in [2.05, 4.69) is 40.2 Å². The summed E-state index contributed by atoms with van der Waals surface area (Å²) in [5, 5.41) is 10.4. The molecule has 30 heavy (non-hydrogen) atoms. The highest BCUT2D eigenvalue weighted by molar-refractivity contribution is 5.95. The number of amides is 1. The highest BCUT2D eigenvalue weighted by Gasteiger charge is 2.39. The highest BCUT2D eigenvalue weighted by atomic mass is 16.5. The Morgan fingerprint density at radius 1 is 1.17 bits per heavy atom. The molecule has 0 radical (unpaired) electrons. The van der Waals surface area contributed by atoms with Gasteiger partial charge in [-0.1, -0.05) is 12.1 Å². The molecule has 0 aromatic heterocycles. The van der Waals surface area contributed by atoms with Crippen molar-refractivity contribution < 1.29 is 14.3 Å². The minimum absolute atomic E-state index is 0.0594. The maximum Gasteiger partial charge on any atom is 0.251 e. The third kappa shape index (κ3) is 4.30. The fourth-order valence-electron chi connectivity index (χ4n) is 4.62. The van der Waals surface area contributed by atoms with Crippen LogP contribution >= 0.6 is 0 Å². The zero-order valence-electron chi connectivity index (χ0n) is 17.7. The van der Waals surface area contributed by atoms with Crippen LogP contribution in [0.15, 0.2) is 42.5 Å². The molecule has 0 bridgehead atoms. The van der Waals surface area contributed by atoms with Crippen LogP contribution in [0.3, 0.4) is 0 Å². The topological polar surface area (TPSA) is 71.6 Å². The first-order valence-electron chi connectivity index (χ1n) is 10.8. The molecule has 3 N–H and O–H groups in total. The second kappa shape index (κ2) is 9.49. The van der Waals surface area contributed by atoms with Gasteiger partial charge in [0.1, 0.15) is 5.75 Å². The largest absolute Gasteiger partial charge is 0.494 e. The fraction of sp³-hybridized carbons (Fsp3) is 0.458. The van der Waals surface area contributed by atoms with E-state index in [1.165, 1.54) is 11.1 Å². The van der Waals surface area contributed by atoms with E-state index in [1.807, 2.05) is 25.1 Å². The number of carbonyl (C=O) groups is 1. The first kappa shape index (κ1) is 20.7. The van der Waals surface area contributed by atoms with Crippen molar-refractivity contribution in [3.63, 3.8) is 0 Å². The smallest absolute Gasteiger partial charge is 0.251 e. The van der Waals surface area contributed by atoms with Crippen molar-refractivity contribution in [3.05, 3.63) is 59.2 Å². The molecule has 160 valence electrons. The van der Waals surface area contributed by atoms with Gasteiger partial charge >= 0.3 is 0 Å². The zero-order valence-corrected chi connectivity index (χ0v) is 17.7. The molecule has 2 aliphatic heterocycles. The number of piperidine rings is 1. The summed E-state index contributed by atoms with van der Waals surface area (Å²) < 4.78 is 10.6. The van der Waals surface area contributed by atoms with Crippen LogP contribution in [0.1, 0.15) is 53.3 Å². The summed E-state index contributed by atoms with van der Waals surface area (Å²) in [5.74, 6) is 1.27. The third-order valence-corrected chi connectivity index (χ3v) is 6.04. The summed E-state index contributed by atoms with van der Waals surface area (Å²) >= 11 is 0. The lowest BCUT2D eigenvalue weighted by Gasteiger charge is -2.44. The second-order valence-electron chi connectivity index (χ2n) is 7.91. The normalized spacial score (nSPS) is 22.4. The fourth-order valence-corrected chi connectivity index (χ4v) is 4.62. The lowest BCUT2D eigenvalue weighted by molar-refractivity contribution is 0.0937. The van der Waals surface area contributed by atoms with Crippen LogP contribution in [0.25, 0.3) is 0 Å². The Hall–Kier alpha value is -2.57. The molecule has 4 rings (SSSR count). The third-order valence-electron chi connectivity index (χ3n) is 6.04. The molecule has 0 saturated carbocycles. The Bertz CT molecular complexity index is 868. The number of hydrogen-bond acceptors (Lipinski definition) is 5. The van der Waals surface area contributed by atoms with Crippen LogP contribution in [-0.2, 0) is 4.74 Å². The second-order valence-corrected chi connectivity index (χ2v) is 7.91. The summed E-state index contributed by atoms with van der Waals surface area (Å²) in [6, 6.07) is 14.9. The van der Waals surface area contributed by atoms with E-state index >= 15 is 0 Å². The molecule has 2 aromatic rings. The van der Waals surface area contributed by atoms with Crippen LogP contribution in [0.5, 0.6) is 5.75 Å². The molecule has 6 nitrogen and oxygen atoms in total. The summed E-state index contributed by atoms with van der Waals surface area (Å²) in [5.41, 5.74) is 4.24. The molecule has 3 atom stereocenters. The first-order chi connectivity index (χ1) is 14.7. The molecule has 2 aliphatic rings. The number of benzene rings is 2. The first-order valence-corrected chi connectivity index (χ1v) is 10.8. The molecular weight excluding hydrogens is 378 g/mol. The molecule has 3 unspecified atom stereocenters. The van der Waals surface area contributed by atoms with Gasteiger partial charge in [-0.05, 0) is 67.8 Å². The standard InChI is InChI=1S/C24H31N3O3/c1-3-30-18-9-6-16(7-10-18)22-19-5-4-12-25-23(19)20-15-17(8-11-21(20)27-22)24(28)26-13-14-29-2/h6-11,15,19,22-23,25,27H,3-5,12-14H2,1-2H3,(H,26,28). The van der Waals surface area contributed by atoms with Gasteiger partial charge in [0, 0.05) is 36.9 Å². The maximum absolute atomic E-state index is 12.5. The average molecular weight is 410 g/mol. The van der Waals surface area contributed by atoms with Gasteiger partial charge in [-0.2, -0.15) is 0 Å². The van der Waals surface area contributed by atoms with E-state index in [1.54, 1.807) is 7.11 Å². The van der Waals surface area contributed by atoms with Gasteiger partial charge in [0.2, 0.25) is 0 Å². The van der Waals surface area contributed by atoms with Crippen molar-refractivity contribution in [2.24, 2.45) is 5.92 Å². The van der Waals surface area contributed by atoms with Gasteiger partial charge in [-0.15, -0.1) is 0 Å². The van der Waals surface area contributed by atoms with E-state index in [-0.39, 0.29) is 18.0 Å². The number of anilines is 1. The summed E-state index contributed by atoms with van der Waals surface area (Å²) in [6.45, 7) is 4.69. The van der Waals surface area contributed by atoms with Gasteiger partial charge in [-0.25, -0.2) is 0 Å². The zero-order chi connectivity index (χ0) is 20.9. The van der Waals surface area contributed by atoms with Crippen LogP contribution in [0.4, 0.5) is 5.69 Å². The van der Waals surface area contributed by atoms with Gasteiger partial charge < -0.3 is 25.4 Å². The molecule has 1 amide bonds. The molecule has 0 aliphatic carbocycles. The molecular formula is C24H31N3O3. The molecule has 2 aromatic carbocycles. The van der Waals surface area contributed by atoms with E-state index in [9.17, 15) is 4.79 Å². The van der Waals surface area contributed by atoms with Crippen molar-refractivity contribution in [3.8, 4) is 5.75 Å². The van der Waals surface area contributed by atoms with Gasteiger partial charge in [-0.3, -0.25) is 4.79 Å². The summed E-state index contributed by atoms with van der Waals surface area (Å²) in [7, 11) is 1.63. The van der Waals surface area contributed by atoms with Crippen LogP contribution in [0, 0.1) is 5.92 Å². The number of methoxy groups -OCH3 is 1. The van der Waals surface area contributed by atoms with Crippen molar-refractivity contribution in [1.29, 1.82) is 0 Å². The maximum atomic E-state index is 12.5. The minimum Gasteiger partial charge on any atom is -0.494 e. The Morgan fingerprint density at radius 3 is 2.77 bits per heavy atom. The minimum atomic E-state index is -0.0594. The van der Waals surface area contributed by atoms with E-state index in [0.717, 1.165) is 30.8 Å². The summed E-state index contributed by atoms with van der Waals surface area (Å²) in [4.78, 5) is 12.5. The number of rotatable bonds is 7. The van der Waals surface area contributed by atoms with Crippen molar-refractivity contribution in [2.75, 3.05) is 38.7 Å². The quantitative estimate of drug-likeness (QED) is 0.609. The van der Waals surface area contributed by atoms with Crippen LogP contribution in [0.2, 0.25) is 0 Å². The lowest BCUT2D eigenvalue weighted by atomic mass is 9.75. The molecule has 2 heterocycles. The molecule has 6 heteroatoms. The number of ether oxygens (including phenoxy) is 2. The molecule has 1 saturated heterocycles. The van der Waals surface area contributed by atoms with Gasteiger partial charge in [0.15, 0.2) is 0 Å².